The van der Waals surface area contributed by atoms with Crippen molar-refractivity contribution < 1.29 is 14.3 Å². The third-order valence-corrected chi connectivity index (χ3v) is 6.15. The number of anilines is 1. The predicted octanol–water partition coefficient (Wildman–Crippen LogP) is 3.33. The number of nitrogens with two attached hydrogens (primary N) is 1. The minimum atomic E-state index is -0.684. The van der Waals surface area contributed by atoms with Gasteiger partial charge in [-0.2, -0.15) is 11.3 Å². The highest BCUT2D eigenvalue weighted by atomic mass is 35.5. The zero-order valence-electron chi connectivity index (χ0n) is 17.9. The molecule has 3 heterocycles. The molecule has 0 radical (unpaired) electrons. The summed E-state index contributed by atoms with van der Waals surface area (Å²) >= 11 is 7.75. The third kappa shape index (κ3) is 4.93. The molecule has 0 spiro atoms. The lowest BCUT2D eigenvalue weighted by Crippen LogP contribution is -2.33. The van der Waals surface area contributed by atoms with Crippen molar-refractivity contribution in [1.82, 2.24) is 15.3 Å². The molecule has 174 valence electrons. The maximum Gasteiger partial charge on any atom is 0.261 e. The Morgan fingerprint density at radius 1 is 1.24 bits per heavy atom. The van der Waals surface area contributed by atoms with Crippen LogP contribution < -0.4 is 26.7 Å². The second-order valence-electron chi connectivity index (χ2n) is 7.29. The van der Waals surface area contributed by atoms with Crippen LogP contribution in [0.5, 0.6) is 5.88 Å². The second-order valence-corrected chi connectivity index (χ2v) is 8.48. The van der Waals surface area contributed by atoms with E-state index >= 15 is 0 Å². The SMILES string of the molecule is COc1cc2[nH]c(=O)c(C(=O)Nc3cc(C(=O)NC(CN)c4ccsc4)ccc3Cl)cc2cn1. The van der Waals surface area contributed by atoms with Crippen molar-refractivity contribution in [2.75, 3.05) is 19.0 Å². The summed E-state index contributed by atoms with van der Waals surface area (Å²) in [5, 5.41) is 10.1. The molecule has 1 unspecified atom stereocenters. The molecule has 5 N–H and O–H groups in total. The van der Waals surface area contributed by atoms with Crippen molar-refractivity contribution in [3.63, 3.8) is 0 Å². The number of methoxy groups -OCH3 is 1. The number of halogens is 1. The lowest BCUT2D eigenvalue weighted by atomic mass is 10.1. The van der Waals surface area contributed by atoms with Crippen LogP contribution in [-0.4, -0.2) is 35.4 Å². The topological polar surface area (TPSA) is 139 Å². The number of H-pyrrole nitrogens is 1. The van der Waals surface area contributed by atoms with E-state index in [1.165, 1.54) is 48.9 Å². The van der Waals surface area contributed by atoms with Crippen molar-refractivity contribution >= 4 is 51.3 Å². The Kier molecular flexibility index (Phi) is 6.92. The van der Waals surface area contributed by atoms with E-state index in [2.05, 4.69) is 20.6 Å². The number of benzene rings is 1. The molecule has 34 heavy (non-hydrogen) atoms. The van der Waals surface area contributed by atoms with Gasteiger partial charge in [0.05, 0.1) is 29.4 Å². The average molecular weight is 498 g/mol. The first-order chi connectivity index (χ1) is 16.4. The number of ether oxygens (including phenoxy) is 1. The quantitative estimate of drug-likeness (QED) is 0.309. The van der Waals surface area contributed by atoms with Gasteiger partial charge < -0.3 is 26.1 Å². The number of aromatic amines is 1. The zero-order valence-corrected chi connectivity index (χ0v) is 19.5. The monoisotopic (exact) mass is 497 g/mol. The fourth-order valence-electron chi connectivity index (χ4n) is 3.31. The number of nitrogens with zero attached hydrogens (tertiary/aromatic N) is 1. The molecule has 2 amide bonds. The molecule has 9 nitrogen and oxygen atoms in total. The number of fused-ring (bicyclic) bond motifs is 1. The summed E-state index contributed by atoms with van der Waals surface area (Å²) in [6, 6.07) is 9.00. The number of nitrogens with one attached hydrogen (secondary N) is 3. The highest BCUT2D eigenvalue weighted by molar-refractivity contribution is 7.08. The smallest absolute Gasteiger partial charge is 0.261 e. The molecular weight excluding hydrogens is 478 g/mol. The van der Waals surface area contributed by atoms with Crippen LogP contribution in [0.15, 0.2) is 58.1 Å². The van der Waals surface area contributed by atoms with Gasteiger partial charge in [-0.05, 0) is 46.7 Å². The van der Waals surface area contributed by atoms with E-state index in [0.717, 1.165) is 5.56 Å². The first-order valence-electron chi connectivity index (χ1n) is 10.1. The molecule has 1 aromatic carbocycles. The Morgan fingerprint density at radius 3 is 2.76 bits per heavy atom. The molecule has 0 aliphatic carbocycles. The van der Waals surface area contributed by atoms with Crippen LogP contribution in [0.2, 0.25) is 5.02 Å². The van der Waals surface area contributed by atoms with Gasteiger partial charge >= 0.3 is 0 Å². The largest absolute Gasteiger partial charge is 0.481 e. The predicted molar refractivity (Wildman–Crippen MR) is 132 cm³/mol. The summed E-state index contributed by atoms with van der Waals surface area (Å²) in [4.78, 5) is 44.9. The molecule has 4 rings (SSSR count). The molecule has 4 aromatic rings. The number of hydrogen-bond acceptors (Lipinski definition) is 7. The first kappa shape index (κ1) is 23.4. The van der Waals surface area contributed by atoms with Crippen LogP contribution in [0, 0.1) is 0 Å². The standard InChI is InChI=1S/C23H20ClN5O4S/c1-33-20-8-17-14(10-26-20)6-15(22(31)27-17)23(32)28-18-7-12(2-3-16(18)24)21(30)29-19(9-25)13-4-5-34-11-13/h2-8,10-11,19H,9,25H2,1H3,(H,27,31)(H,28,32)(H,29,30). The molecule has 0 aliphatic heterocycles. The van der Waals surface area contributed by atoms with Crippen LogP contribution in [0.4, 0.5) is 5.69 Å². The Balaban J connectivity index is 1.56. The Bertz CT molecular complexity index is 1420. The number of thiophene rings is 1. The van der Waals surface area contributed by atoms with Crippen molar-refractivity contribution in [1.29, 1.82) is 0 Å². The second kappa shape index (κ2) is 10.0. The summed E-state index contributed by atoms with van der Waals surface area (Å²) in [5.41, 5.74) is 6.93. The molecule has 0 fully saturated rings. The zero-order chi connectivity index (χ0) is 24.2. The average Bonchev–Trinajstić information content (AvgIpc) is 3.37. The lowest BCUT2D eigenvalue weighted by molar-refractivity contribution is 0.0936. The van der Waals surface area contributed by atoms with E-state index < -0.39 is 11.5 Å². The molecule has 0 saturated carbocycles. The minimum absolute atomic E-state index is 0.133. The number of aromatic nitrogens is 2. The van der Waals surface area contributed by atoms with Gasteiger partial charge in [-0.15, -0.1) is 0 Å². The Morgan fingerprint density at radius 2 is 2.06 bits per heavy atom. The molecule has 0 saturated heterocycles. The number of hydrogen-bond donors (Lipinski definition) is 4. The van der Waals surface area contributed by atoms with E-state index in [1.807, 2.05) is 16.8 Å². The van der Waals surface area contributed by atoms with Gasteiger partial charge in [0.15, 0.2) is 0 Å². The van der Waals surface area contributed by atoms with E-state index in [9.17, 15) is 14.4 Å². The molecule has 0 bridgehead atoms. The van der Waals surface area contributed by atoms with Crippen molar-refractivity contribution in [2.45, 2.75) is 6.04 Å². The van der Waals surface area contributed by atoms with Gasteiger partial charge in [-0.3, -0.25) is 14.4 Å². The molecule has 11 heteroatoms. The first-order valence-corrected chi connectivity index (χ1v) is 11.4. The minimum Gasteiger partial charge on any atom is -0.481 e. The summed E-state index contributed by atoms with van der Waals surface area (Å²) in [6.07, 6.45) is 1.49. The fourth-order valence-corrected chi connectivity index (χ4v) is 4.19. The van der Waals surface area contributed by atoms with Crippen LogP contribution >= 0.6 is 22.9 Å². The highest BCUT2D eigenvalue weighted by Gasteiger charge is 2.18. The normalized spacial score (nSPS) is 11.7. The van der Waals surface area contributed by atoms with Crippen LogP contribution in [0.3, 0.4) is 0 Å². The van der Waals surface area contributed by atoms with Gasteiger partial charge in [0.25, 0.3) is 17.4 Å². The van der Waals surface area contributed by atoms with Gasteiger partial charge in [-0.25, -0.2) is 4.98 Å². The highest BCUT2D eigenvalue weighted by Crippen LogP contribution is 2.25. The maximum absolute atomic E-state index is 12.9. The van der Waals surface area contributed by atoms with Gasteiger partial charge in [0, 0.05) is 29.8 Å². The number of carbonyl (C=O) groups is 2. The number of pyridine rings is 2. The van der Waals surface area contributed by atoms with Crippen LogP contribution in [0.25, 0.3) is 10.9 Å². The van der Waals surface area contributed by atoms with Crippen LogP contribution in [0.1, 0.15) is 32.3 Å². The third-order valence-electron chi connectivity index (χ3n) is 5.12. The summed E-state index contributed by atoms with van der Waals surface area (Å²) < 4.78 is 5.05. The van der Waals surface area contributed by atoms with E-state index in [4.69, 9.17) is 22.1 Å². The molecule has 3 aromatic heterocycles. The number of amides is 2. The summed E-state index contributed by atoms with van der Waals surface area (Å²) in [5.74, 6) is -0.730. The Labute approximate surface area is 202 Å². The molecule has 1 atom stereocenters. The molecule has 0 aliphatic rings. The van der Waals surface area contributed by atoms with Crippen molar-refractivity contribution in [2.24, 2.45) is 5.73 Å². The maximum atomic E-state index is 12.9. The van der Waals surface area contributed by atoms with Crippen molar-refractivity contribution in [3.05, 3.63) is 85.4 Å². The summed E-state index contributed by atoms with van der Waals surface area (Å²) in [6.45, 7) is 0.227. The van der Waals surface area contributed by atoms with E-state index in [-0.39, 0.29) is 40.3 Å². The van der Waals surface area contributed by atoms with E-state index in [0.29, 0.717) is 16.8 Å². The fraction of sp³-hybridized carbons (Fsp3) is 0.130. The molecular formula is C23H20ClN5O4S. The van der Waals surface area contributed by atoms with Gasteiger partial charge in [0.1, 0.15) is 5.56 Å². The summed E-state index contributed by atoms with van der Waals surface area (Å²) in [7, 11) is 1.46. The van der Waals surface area contributed by atoms with E-state index in [1.54, 1.807) is 6.07 Å². The van der Waals surface area contributed by atoms with Gasteiger partial charge in [0.2, 0.25) is 5.88 Å². The number of carbonyl (C=O) groups excluding carboxylic acids is 2. The van der Waals surface area contributed by atoms with Gasteiger partial charge in [-0.1, -0.05) is 11.6 Å². The van der Waals surface area contributed by atoms with Crippen molar-refractivity contribution in [3.8, 4) is 5.88 Å². The Hall–Kier alpha value is -3.73. The number of rotatable bonds is 7. The van der Waals surface area contributed by atoms with Crippen LogP contribution in [-0.2, 0) is 0 Å². The lowest BCUT2D eigenvalue weighted by Gasteiger charge is -2.16.